The number of nitrogens with zero attached hydrogens (tertiary/aromatic N) is 1. The molecule has 6 heteroatoms. The first kappa shape index (κ1) is 11.7. The van der Waals surface area contributed by atoms with Gasteiger partial charge in [0.2, 0.25) is 0 Å². The number of halogens is 3. The third-order valence-corrected chi connectivity index (χ3v) is 2.55. The van der Waals surface area contributed by atoms with Gasteiger partial charge in [0.15, 0.2) is 0 Å². The smallest absolute Gasteiger partial charge is 0.406 e. The minimum atomic E-state index is -4.70. The highest BCUT2D eigenvalue weighted by atomic mass is 19.4. The lowest BCUT2D eigenvalue weighted by Gasteiger charge is -2.35. The van der Waals surface area contributed by atoms with Gasteiger partial charge < -0.3 is 9.47 Å². The molecule has 0 atom stereocenters. The normalized spacial score (nSPS) is 18.0. The largest absolute Gasteiger partial charge is 0.573 e. The van der Waals surface area contributed by atoms with Crippen molar-refractivity contribution < 1.29 is 22.6 Å². The maximum Gasteiger partial charge on any atom is 0.573 e. The number of nitriles is 1. The van der Waals surface area contributed by atoms with Crippen molar-refractivity contribution in [3.05, 3.63) is 29.8 Å². The van der Waals surface area contributed by atoms with E-state index >= 15 is 0 Å². The van der Waals surface area contributed by atoms with Gasteiger partial charge in [-0.2, -0.15) is 5.26 Å². The number of alkyl halides is 3. The predicted octanol–water partition coefficient (Wildman–Crippen LogP) is 2.38. The summed E-state index contributed by atoms with van der Waals surface area (Å²) in [6.45, 7) is 0.534. The lowest BCUT2D eigenvalue weighted by atomic mass is 9.80. The predicted molar refractivity (Wildman–Crippen MR) is 51.2 cm³/mol. The molecule has 0 saturated carbocycles. The van der Waals surface area contributed by atoms with Crippen LogP contribution in [-0.2, 0) is 10.2 Å². The molecule has 2 rings (SSSR count). The van der Waals surface area contributed by atoms with Crippen LogP contribution >= 0.6 is 0 Å². The van der Waals surface area contributed by atoms with Crippen molar-refractivity contribution in [2.24, 2.45) is 0 Å². The van der Waals surface area contributed by atoms with E-state index in [1.54, 1.807) is 0 Å². The molecular weight excluding hydrogens is 235 g/mol. The second kappa shape index (κ2) is 3.93. The molecule has 1 aromatic rings. The lowest BCUT2D eigenvalue weighted by molar-refractivity contribution is -0.274. The minimum Gasteiger partial charge on any atom is -0.406 e. The fraction of sp³-hybridized carbons (Fsp3) is 0.364. The topological polar surface area (TPSA) is 42.2 Å². The van der Waals surface area contributed by atoms with Crippen molar-refractivity contribution in [1.82, 2.24) is 0 Å². The van der Waals surface area contributed by atoms with E-state index in [4.69, 9.17) is 10.00 Å². The van der Waals surface area contributed by atoms with E-state index in [0.29, 0.717) is 5.56 Å². The first-order valence-corrected chi connectivity index (χ1v) is 4.80. The third kappa shape index (κ3) is 2.34. The first-order chi connectivity index (χ1) is 7.95. The summed E-state index contributed by atoms with van der Waals surface area (Å²) >= 11 is 0. The zero-order valence-electron chi connectivity index (χ0n) is 8.62. The Morgan fingerprint density at radius 2 is 1.82 bits per heavy atom. The molecule has 1 saturated heterocycles. The molecule has 1 aliphatic rings. The van der Waals surface area contributed by atoms with Crippen LogP contribution in [0.2, 0.25) is 0 Å². The summed E-state index contributed by atoms with van der Waals surface area (Å²) in [7, 11) is 0. The molecule has 0 spiro atoms. The van der Waals surface area contributed by atoms with Crippen molar-refractivity contribution in [2.45, 2.75) is 11.8 Å². The molecule has 17 heavy (non-hydrogen) atoms. The van der Waals surface area contributed by atoms with Crippen LogP contribution in [0.1, 0.15) is 5.56 Å². The molecule has 0 unspecified atom stereocenters. The van der Waals surface area contributed by atoms with Crippen molar-refractivity contribution in [3.8, 4) is 11.8 Å². The molecule has 0 N–H and O–H groups in total. The maximum atomic E-state index is 11.9. The van der Waals surface area contributed by atoms with Gasteiger partial charge in [-0.3, -0.25) is 0 Å². The first-order valence-electron chi connectivity index (χ1n) is 4.80. The molecule has 1 aliphatic heterocycles. The van der Waals surface area contributed by atoms with Crippen molar-refractivity contribution >= 4 is 0 Å². The number of rotatable bonds is 2. The highest BCUT2D eigenvalue weighted by Gasteiger charge is 2.41. The number of ether oxygens (including phenoxy) is 2. The summed E-state index contributed by atoms with van der Waals surface area (Å²) in [5.74, 6) is -0.297. The van der Waals surface area contributed by atoms with Gasteiger partial charge >= 0.3 is 6.36 Å². The van der Waals surface area contributed by atoms with E-state index < -0.39 is 11.8 Å². The molecule has 3 nitrogen and oxygen atoms in total. The Bertz CT molecular complexity index is 443. The summed E-state index contributed by atoms with van der Waals surface area (Å²) in [5, 5.41) is 9.00. The standard InChI is InChI=1S/C11H8F3NO2/c12-11(13,14)17-9-3-1-8(2-4-9)10(5-15)6-16-7-10/h1-4H,6-7H2. The summed E-state index contributed by atoms with van der Waals surface area (Å²) < 4.78 is 44.5. The molecule has 1 fully saturated rings. The molecule has 90 valence electrons. The van der Waals surface area contributed by atoms with Crippen LogP contribution in [0.25, 0.3) is 0 Å². The van der Waals surface area contributed by atoms with Crippen LogP contribution in [-0.4, -0.2) is 19.6 Å². The molecule has 1 aromatic carbocycles. The zero-order valence-corrected chi connectivity index (χ0v) is 8.62. The van der Waals surface area contributed by atoms with Crippen molar-refractivity contribution in [3.63, 3.8) is 0 Å². The molecular formula is C11H8F3NO2. The van der Waals surface area contributed by atoms with E-state index in [0.717, 1.165) is 0 Å². The zero-order chi connectivity index (χ0) is 12.5. The van der Waals surface area contributed by atoms with E-state index in [1.165, 1.54) is 24.3 Å². The summed E-state index contributed by atoms with van der Waals surface area (Å²) in [5.41, 5.74) is -0.0858. The van der Waals surface area contributed by atoms with Gasteiger partial charge in [-0.15, -0.1) is 13.2 Å². The molecule has 0 aliphatic carbocycles. The van der Waals surface area contributed by atoms with Gasteiger partial charge in [-0.25, -0.2) is 0 Å². The van der Waals surface area contributed by atoms with Crippen LogP contribution in [0.3, 0.4) is 0 Å². The molecule has 0 amide bonds. The van der Waals surface area contributed by atoms with E-state index in [2.05, 4.69) is 10.8 Å². The highest BCUT2D eigenvalue weighted by molar-refractivity contribution is 5.38. The fourth-order valence-electron chi connectivity index (χ4n) is 1.58. The summed E-state index contributed by atoms with van der Waals surface area (Å²) in [4.78, 5) is 0. The Labute approximate surface area is 95.4 Å². The quantitative estimate of drug-likeness (QED) is 0.800. The van der Waals surface area contributed by atoms with Gasteiger partial charge in [0, 0.05) is 0 Å². The Balaban J connectivity index is 2.16. The van der Waals surface area contributed by atoms with Crippen LogP contribution in [0.5, 0.6) is 5.75 Å². The molecule has 1 heterocycles. The van der Waals surface area contributed by atoms with Crippen LogP contribution < -0.4 is 4.74 Å². The number of hydrogen-bond acceptors (Lipinski definition) is 3. The second-order valence-electron chi connectivity index (χ2n) is 3.76. The third-order valence-electron chi connectivity index (χ3n) is 2.55. The van der Waals surface area contributed by atoms with Crippen LogP contribution in [0.15, 0.2) is 24.3 Å². The Hall–Kier alpha value is -1.74. The maximum absolute atomic E-state index is 11.9. The second-order valence-corrected chi connectivity index (χ2v) is 3.76. The molecule has 0 aromatic heterocycles. The lowest BCUT2D eigenvalue weighted by Crippen LogP contribution is -2.45. The monoisotopic (exact) mass is 243 g/mol. The summed E-state index contributed by atoms with van der Waals surface area (Å²) in [6.07, 6.45) is -4.70. The molecule has 0 radical (unpaired) electrons. The number of hydrogen-bond donors (Lipinski definition) is 0. The average molecular weight is 243 g/mol. The summed E-state index contributed by atoms with van der Waals surface area (Å²) in [6, 6.07) is 7.40. The highest BCUT2D eigenvalue weighted by Crippen LogP contribution is 2.33. The average Bonchev–Trinajstić information content (AvgIpc) is 2.17. The Morgan fingerprint density at radius 1 is 1.24 bits per heavy atom. The Kier molecular flexibility index (Phi) is 2.71. The van der Waals surface area contributed by atoms with Crippen LogP contribution in [0, 0.1) is 11.3 Å². The van der Waals surface area contributed by atoms with Gasteiger partial charge in [-0.05, 0) is 17.7 Å². The van der Waals surface area contributed by atoms with E-state index in [1.807, 2.05) is 0 Å². The fourth-order valence-corrected chi connectivity index (χ4v) is 1.58. The molecule has 0 bridgehead atoms. The number of benzene rings is 1. The van der Waals surface area contributed by atoms with Gasteiger partial charge in [0.25, 0.3) is 0 Å². The minimum absolute atomic E-state index is 0.267. The van der Waals surface area contributed by atoms with Crippen molar-refractivity contribution in [1.29, 1.82) is 5.26 Å². The van der Waals surface area contributed by atoms with Gasteiger partial charge in [0.05, 0.1) is 19.3 Å². The van der Waals surface area contributed by atoms with E-state index in [9.17, 15) is 13.2 Å². The van der Waals surface area contributed by atoms with E-state index in [-0.39, 0.29) is 19.0 Å². The Morgan fingerprint density at radius 3 is 2.18 bits per heavy atom. The van der Waals surface area contributed by atoms with Gasteiger partial charge in [0.1, 0.15) is 11.2 Å². The SMILES string of the molecule is N#CC1(c2ccc(OC(F)(F)F)cc2)COC1. The van der Waals surface area contributed by atoms with Crippen molar-refractivity contribution in [2.75, 3.05) is 13.2 Å². The van der Waals surface area contributed by atoms with Crippen LogP contribution in [0.4, 0.5) is 13.2 Å². The van der Waals surface area contributed by atoms with Gasteiger partial charge in [-0.1, -0.05) is 12.1 Å².